The van der Waals surface area contributed by atoms with E-state index in [1.54, 1.807) is 0 Å². The summed E-state index contributed by atoms with van der Waals surface area (Å²) in [6.07, 6.45) is 0. The monoisotopic (exact) mass is 389 g/mol. The largest absolute Gasteiger partial charge is 0.326 e. The molecule has 0 aromatic heterocycles. The van der Waals surface area contributed by atoms with Crippen molar-refractivity contribution in [3.63, 3.8) is 0 Å². The topological polar surface area (TPSA) is 95.6 Å². The van der Waals surface area contributed by atoms with E-state index in [0.717, 1.165) is 11.3 Å². The van der Waals surface area contributed by atoms with E-state index in [4.69, 9.17) is 0 Å². The number of anilines is 2. The van der Waals surface area contributed by atoms with Gasteiger partial charge in [0.1, 0.15) is 0 Å². The predicted molar refractivity (Wildman–Crippen MR) is 105 cm³/mol. The molecule has 8 heteroatoms. The Morgan fingerprint density at radius 1 is 1.04 bits per heavy atom. The Kier molecular flexibility index (Phi) is 6.70. The van der Waals surface area contributed by atoms with E-state index in [1.807, 2.05) is 31.2 Å². The molecule has 0 aliphatic rings. The van der Waals surface area contributed by atoms with Gasteiger partial charge in [-0.1, -0.05) is 12.1 Å². The highest BCUT2D eigenvalue weighted by molar-refractivity contribution is 7.89. The van der Waals surface area contributed by atoms with Gasteiger partial charge in [0.05, 0.1) is 4.90 Å². The van der Waals surface area contributed by atoms with E-state index in [9.17, 15) is 18.0 Å². The lowest BCUT2D eigenvalue weighted by atomic mass is 10.2. The van der Waals surface area contributed by atoms with Gasteiger partial charge in [0.15, 0.2) is 0 Å². The van der Waals surface area contributed by atoms with Crippen LogP contribution in [0.4, 0.5) is 11.4 Å². The number of aryl methyl sites for hydroxylation is 1. The lowest BCUT2D eigenvalue weighted by molar-refractivity contribution is -0.116. The summed E-state index contributed by atoms with van der Waals surface area (Å²) < 4.78 is 27.3. The summed E-state index contributed by atoms with van der Waals surface area (Å²) in [5.41, 5.74) is 2.25. The molecule has 0 heterocycles. The van der Waals surface area contributed by atoms with Gasteiger partial charge in [-0.3, -0.25) is 9.59 Å². The van der Waals surface area contributed by atoms with Crippen molar-refractivity contribution in [1.82, 2.24) is 4.72 Å². The summed E-state index contributed by atoms with van der Waals surface area (Å²) in [6, 6.07) is 13.3. The number of amides is 2. The van der Waals surface area contributed by atoms with E-state index in [-0.39, 0.29) is 29.8 Å². The molecule has 0 saturated carbocycles. The molecule has 0 fully saturated rings. The third-order valence-electron chi connectivity index (χ3n) is 3.81. The van der Waals surface area contributed by atoms with Crippen LogP contribution in [0.2, 0.25) is 0 Å². The quantitative estimate of drug-likeness (QED) is 0.759. The minimum absolute atomic E-state index is 0.0727. The summed E-state index contributed by atoms with van der Waals surface area (Å²) >= 11 is 0. The van der Waals surface area contributed by atoms with Crippen molar-refractivity contribution in [1.29, 1.82) is 0 Å². The van der Waals surface area contributed by atoms with Crippen molar-refractivity contribution < 1.29 is 18.0 Å². The average Bonchev–Trinajstić information content (AvgIpc) is 2.58. The molecule has 0 unspecified atom stereocenters. The Morgan fingerprint density at radius 2 is 1.70 bits per heavy atom. The smallest absolute Gasteiger partial charge is 0.240 e. The average molecular weight is 389 g/mol. The van der Waals surface area contributed by atoms with Crippen molar-refractivity contribution in [2.24, 2.45) is 0 Å². The number of hydrogen-bond acceptors (Lipinski definition) is 4. The zero-order valence-corrected chi connectivity index (χ0v) is 16.3. The third kappa shape index (κ3) is 5.90. The number of benzene rings is 2. The summed E-state index contributed by atoms with van der Waals surface area (Å²) in [5.74, 6) is -0.399. The molecule has 2 rings (SSSR count). The van der Waals surface area contributed by atoms with Crippen molar-refractivity contribution in [3.8, 4) is 0 Å². The van der Waals surface area contributed by atoms with Crippen LogP contribution in [0.5, 0.6) is 0 Å². The van der Waals surface area contributed by atoms with Gasteiger partial charge < -0.3 is 10.2 Å². The van der Waals surface area contributed by atoms with E-state index < -0.39 is 10.0 Å². The fourth-order valence-corrected chi connectivity index (χ4v) is 3.58. The first-order valence-corrected chi connectivity index (χ1v) is 9.89. The van der Waals surface area contributed by atoms with E-state index >= 15 is 0 Å². The molecule has 27 heavy (non-hydrogen) atoms. The highest BCUT2D eigenvalue weighted by Crippen LogP contribution is 2.16. The van der Waals surface area contributed by atoms with Crippen LogP contribution in [0, 0.1) is 6.92 Å². The Labute approximate surface area is 159 Å². The Morgan fingerprint density at radius 3 is 2.26 bits per heavy atom. The normalized spacial score (nSPS) is 11.1. The molecule has 2 amide bonds. The molecular formula is C19H23N3O4S. The molecule has 0 spiro atoms. The summed E-state index contributed by atoms with van der Waals surface area (Å²) in [7, 11) is -3.72. The second-order valence-corrected chi connectivity index (χ2v) is 7.88. The van der Waals surface area contributed by atoms with Crippen LogP contribution < -0.4 is 14.9 Å². The standard InChI is InChI=1S/C19H23N3O4S/c1-14-5-4-6-18(13-14)22(16(3)24)12-11-20-27(25,26)19-9-7-17(8-10-19)21-15(2)23/h4-10,13,20H,11-12H2,1-3H3,(H,21,23). The van der Waals surface area contributed by atoms with Crippen LogP contribution in [0.3, 0.4) is 0 Å². The first-order valence-electron chi connectivity index (χ1n) is 8.41. The van der Waals surface area contributed by atoms with Crippen molar-refractivity contribution in [2.75, 3.05) is 23.3 Å². The second kappa shape index (κ2) is 8.79. The highest BCUT2D eigenvalue weighted by Gasteiger charge is 2.16. The molecule has 0 atom stereocenters. The summed E-state index contributed by atoms with van der Waals surface area (Å²) in [6.45, 7) is 5.03. The molecule has 7 nitrogen and oxygen atoms in total. The fourth-order valence-electron chi connectivity index (χ4n) is 2.56. The molecule has 0 saturated heterocycles. The fraction of sp³-hybridized carbons (Fsp3) is 0.263. The number of carbonyl (C=O) groups is 2. The van der Waals surface area contributed by atoms with Gasteiger partial charge in [-0.2, -0.15) is 0 Å². The van der Waals surface area contributed by atoms with Gasteiger partial charge >= 0.3 is 0 Å². The van der Waals surface area contributed by atoms with Crippen LogP contribution in [0.1, 0.15) is 19.4 Å². The molecule has 2 aromatic rings. The number of carbonyl (C=O) groups excluding carboxylic acids is 2. The minimum Gasteiger partial charge on any atom is -0.326 e. The zero-order valence-electron chi connectivity index (χ0n) is 15.5. The van der Waals surface area contributed by atoms with Crippen LogP contribution >= 0.6 is 0 Å². The predicted octanol–water partition coefficient (Wildman–Crippen LogP) is 2.28. The van der Waals surface area contributed by atoms with Crippen LogP contribution in [-0.4, -0.2) is 33.3 Å². The van der Waals surface area contributed by atoms with E-state index in [0.29, 0.717) is 5.69 Å². The van der Waals surface area contributed by atoms with Crippen LogP contribution in [0.25, 0.3) is 0 Å². The van der Waals surface area contributed by atoms with E-state index in [2.05, 4.69) is 10.0 Å². The molecule has 2 N–H and O–H groups in total. The van der Waals surface area contributed by atoms with E-state index in [1.165, 1.54) is 43.0 Å². The summed E-state index contributed by atoms with van der Waals surface area (Å²) in [4.78, 5) is 24.5. The molecule has 0 radical (unpaired) electrons. The maximum atomic E-state index is 12.4. The third-order valence-corrected chi connectivity index (χ3v) is 5.28. The van der Waals surface area contributed by atoms with Crippen LogP contribution in [-0.2, 0) is 19.6 Å². The number of sulfonamides is 1. The SMILES string of the molecule is CC(=O)Nc1ccc(S(=O)(=O)NCCN(C(C)=O)c2cccc(C)c2)cc1. The van der Waals surface area contributed by atoms with Gasteiger partial charge in [0, 0.05) is 38.3 Å². The first kappa shape index (κ1) is 20.6. The first-order chi connectivity index (χ1) is 12.7. The molecule has 0 aliphatic carbocycles. The number of nitrogens with one attached hydrogen (secondary N) is 2. The van der Waals surface area contributed by atoms with Gasteiger partial charge in [0.2, 0.25) is 21.8 Å². The van der Waals surface area contributed by atoms with Crippen molar-refractivity contribution in [3.05, 3.63) is 54.1 Å². The Balaban J connectivity index is 2.03. The van der Waals surface area contributed by atoms with Gasteiger partial charge in [0.25, 0.3) is 0 Å². The Hall–Kier alpha value is -2.71. The van der Waals surface area contributed by atoms with Crippen molar-refractivity contribution in [2.45, 2.75) is 25.7 Å². The maximum absolute atomic E-state index is 12.4. The van der Waals surface area contributed by atoms with Gasteiger partial charge in [-0.05, 0) is 48.9 Å². The molecule has 144 valence electrons. The number of hydrogen-bond donors (Lipinski definition) is 2. The lowest BCUT2D eigenvalue weighted by Crippen LogP contribution is -2.37. The van der Waals surface area contributed by atoms with Crippen molar-refractivity contribution >= 4 is 33.2 Å². The van der Waals surface area contributed by atoms with Gasteiger partial charge in [-0.15, -0.1) is 0 Å². The highest BCUT2D eigenvalue weighted by atomic mass is 32.2. The lowest BCUT2D eigenvalue weighted by Gasteiger charge is -2.22. The molecular weight excluding hydrogens is 366 g/mol. The zero-order chi connectivity index (χ0) is 20.0. The number of rotatable bonds is 7. The molecule has 2 aromatic carbocycles. The second-order valence-electron chi connectivity index (χ2n) is 6.11. The molecule has 0 aliphatic heterocycles. The van der Waals surface area contributed by atoms with Crippen LogP contribution in [0.15, 0.2) is 53.4 Å². The summed E-state index contributed by atoms with van der Waals surface area (Å²) in [5, 5.41) is 2.58. The number of nitrogens with zero attached hydrogens (tertiary/aromatic N) is 1. The minimum atomic E-state index is -3.72. The Bertz CT molecular complexity index is 924. The molecule has 0 bridgehead atoms. The van der Waals surface area contributed by atoms with Gasteiger partial charge in [-0.25, -0.2) is 13.1 Å². The maximum Gasteiger partial charge on any atom is 0.240 e.